The Labute approximate surface area is 131 Å². The van der Waals surface area contributed by atoms with Crippen LogP contribution in [0.15, 0.2) is 12.1 Å². The molecule has 0 spiro atoms. The van der Waals surface area contributed by atoms with Crippen LogP contribution in [0.2, 0.25) is 5.15 Å². The third-order valence-electron chi connectivity index (χ3n) is 3.93. The van der Waals surface area contributed by atoms with Gasteiger partial charge in [-0.1, -0.05) is 24.9 Å². The first kappa shape index (κ1) is 16.2. The third-order valence-corrected chi connectivity index (χ3v) is 4.13. The van der Waals surface area contributed by atoms with Gasteiger partial charge in [0.2, 0.25) is 0 Å². The third kappa shape index (κ3) is 4.17. The van der Waals surface area contributed by atoms with Crippen LogP contribution in [0.25, 0.3) is 0 Å². The van der Waals surface area contributed by atoms with Crippen LogP contribution >= 0.6 is 11.6 Å². The summed E-state index contributed by atoms with van der Waals surface area (Å²) in [6.07, 6.45) is 5.46. The standard InChI is InChI=1S/C16H23ClN2O2/c1-2-5-13-10-12(11-15(17)18-13)16(21)19-8-3-6-14(19)7-4-9-20/h10-11,14,20H,2-9H2,1H3. The summed E-state index contributed by atoms with van der Waals surface area (Å²) < 4.78 is 0. The van der Waals surface area contributed by atoms with E-state index in [2.05, 4.69) is 11.9 Å². The van der Waals surface area contributed by atoms with Crippen molar-refractivity contribution in [3.63, 3.8) is 0 Å². The number of amides is 1. The van der Waals surface area contributed by atoms with Crippen LogP contribution in [0.4, 0.5) is 0 Å². The van der Waals surface area contributed by atoms with Crippen molar-refractivity contribution < 1.29 is 9.90 Å². The maximum absolute atomic E-state index is 12.7. The summed E-state index contributed by atoms with van der Waals surface area (Å²) in [6, 6.07) is 3.76. The molecule has 1 N–H and O–H groups in total. The van der Waals surface area contributed by atoms with Crippen molar-refractivity contribution in [2.45, 2.75) is 51.5 Å². The molecule has 1 aromatic rings. The van der Waals surface area contributed by atoms with Crippen LogP contribution in [0, 0.1) is 0 Å². The van der Waals surface area contributed by atoms with Gasteiger partial charge < -0.3 is 10.0 Å². The number of nitrogens with zero attached hydrogens (tertiary/aromatic N) is 2. The van der Waals surface area contributed by atoms with E-state index in [1.54, 1.807) is 6.07 Å². The first-order valence-electron chi connectivity index (χ1n) is 7.74. The summed E-state index contributed by atoms with van der Waals surface area (Å²) in [7, 11) is 0. The predicted octanol–water partition coefficient (Wildman–Crippen LogP) is 3.06. The molecule has 0 radical (unpaired) electrons. The Morgan fingerprint density at radius 3 is 3.05 bits per heavy atom. The summed E-state index contributed by atoms with van der Waals surface area (Å²) in [5.41, 5.74) is 1.51. The fraction of sp³-hybridized carbons (Fsp3) is 0.625. The highest BCUT2D eigenvalue weighted by atomic mass is 35.5. The van der Waals surface area contributed by atoms with E-state index in [0.717, 1.165) is 50.8 Å². The Morgan fingerprint density at radius 1 is 1.52 bits per heavy atom. The van der Waals surface area contributed by atoms with Gasteiger partial charge in [-0.3, -0.25) is 4.79 Å². The lowest BCUT2D eigenvalue weighted by molar-refractivity contribution is 0.0724. The van der Waals surface area contributed by atoms with E-state index < -0.39 is 0 Å². The first-order chi connectivity index (χ1) is 10.2. The van der Waals surface area contributed by atoms with Gasteiger partial charge in [-0.15, -0.1) is 0 Å². The second kappa shape index (κ2) is 7.76. The van der Waals surface area contributed by atoms with E-state index in [1.807, 2.05) is 11.0 Å². The minimum absolute atomic E-state index is 0.0390. The SMILES string of the molecule is CCCc1cc(C(=O)N2CCCC2CCCO)cc(Cl)n1. The molecule has 1 fully saturated rings. The highest BCUT2D eigenvalue weighted by Gasteiger charge is 2.29. The van der Waals surface area contributed by atoms with Crippen molar-refractivity contribution >= 4 is 17.5 Å². The van der Waals surface area contributed by atoms with Crippen molar-refractivity contribution in [1.29, 1.82) is 0 Å². The fourth-order valence-corrected chi connectivity index (χ4v) is 3.18. The van der Waals surface area contributed by atoms with Gasteiger partial charge in [0.05, 0.1) is 0 Å². The van der Waals surface area contributed by atoms with E-state index in [0.29, 0.717) is 10.7 Å². The van der Waals surface area contributed by atoms with E-state index in [1.165, 1.54) is 0 Å². The van der Waals surface area contributed by atoms with Crippen LogP contribution in [0.1, 0.15) is 55.1 Å². The number of aryl methyl sites for hydroxylation is 1. The van der Waals surface area contributed by atoms with Crippen LogP contribution in [0.3, 0.4) is 0 Å². The molecule has 4 nitrogen and oxygen atoms in total. The number of rotatable bonds is 6. The minimum atomic E-state index is 0.0390. The lowest BCUT2D eigenvalue weighted by Gasteiger charge is -2.25. The number of halogens is 1. The number of aromatic nitrogens is 1. The lowest BCUT2D eigenvalue weighted by Crippen LogP contribution is -2.35. The van der Waals surface area contributed by atoms with Crippen LogP contribution < -0.4 is 0 Å². The lowest BCUT2D eigenvalue weighted by atomic mass is 10.1. The average Bonchev–Trinajstić information content (AvgIpc) is 2.92. The van der Waals surface area contributed by atoms with Gasteiger partial charge in [-0.2, -0.15) is 0 Å². The molecule has 5 heteroatoms. The van der Waals surface area contributed by atoms with Crippen LogP contribution in [-0.2, 0) is 6.42 Å². The Morgan fingerprint density at radius 2 is 2.33 bits per heavy atom. The van der Waals surface area contributed by atoms with Crippen molar-refractivity contribution in [3.8, 4) is 0 Å². The summed E-state index contributed by atoms with van der Waals surface area (Å²) >= 11 is 6.04. The highest BCUT2D eigenvalue weighted by Crippen LogP contribution is 2.24. The van der Waals surface area contributed by atoms with Crippen molar-refractivity contribution in [1.82, 2.24) is 9.88 Å². The van der Waals surface area contributed by atoms with Gasteiger partial charge in [-0.05, 0) is 44.2 Å². The molecule has 0 bridgehead atoms. The molecule has 1 aromatic heterocycles. The molecule has 116 valence electrons. The number of hydrogen-bond donors (Lipinski definition) is 1. The Bertz CT molecular complexity index is 493. The van der Waals surface area contributed by atoms with Crippen molar-refractivity contribution in [3.05, 3.63) is 28.5 Å². The van der Waals surface area contributed by atoms with Gasteiger partial charge in [0.25, 0.3) is 5.91 Å². The first-order valence-corrected chi connectivity index (χ1v) is 8.11. The number of aliphatic hydroxyl groups is 1. The molecule has 1 amide bonds. The van der Waals surface area contributed by atoms with Crippen LogP contribution in [-0.4, -0.2) is 40.1 Å². The average molecular weight is 311 g/mol. The largest absolute Gasteiger partial charge is 0.396 e. The molecule has 1 aliphatic heterocycles. The number of carbonyl (C=O) groups excluding carboxylic acids is 1. The quantitative estimate of drug-likeness (QED) is 0.822. The van der Waals surface area contributed by atoms with Gasteiger partial charge in [0.1, 0.15) is 5.15 Å². The van der Waals surface area contributed by atoms with E-state index in [4.69, 9.17) is 16.7 Å². The number of carbonyl (C=O) groups is 1. The fourth-order valence-electron chi connectivity index (χ4n) is 2.95. The van der Waals surface area contributed by atoms with Gasteiger partial charge in [0.15, 0.2) is 0 Å². The number of pyridine rings is 1. The topological polar surface area (TPSA) is 53.4 Å². The zero-order valence-electron chi connectivity index (χ0n) is 12.5. The molecule has 1 saturated heterocycles. The monoisotopic (exact) mass is 310 g/mol. The highest BCUT2D eigenvalue weighted by molar-refractivity contribution is 6.29. The maximum Gasteiger partial charge on any atom is 0.254 e. The second-order valence-electron chi connectivity index (χ2n) is 5.58. The molecule has 0 aliphatic carbocycles. The molecule has 1 unspecified atom stereocenters. The van der Waals surface area contributed by atoms with E-state index >= 15 is 0 Å². The Kier molecular flexibility index (Phi) is 6.00. The van der Waals surface area contributed by atoms with Gasteiger partial charge in [0, 0.05) is 30.5 Å². The molecule has 2 heterocycles. The summed E-state index contributed by atoms with van der Waals surface area (Å²) in [6.45, 7) is 3.05. The molecule has 2 rings (SSSR count). The van der Waals surface area contributed by atoms with E-state index in [-0.39, 0.29) is 18.6 Å². The smallest absolute Gasteiger partial charge is 0.254 e. The van der Waals surface area contributed by atoms with Crippen molar-refractivity contribution in [2.24, 2.45) is 0 Å². The molecular weight excluding hydrogens is 288 g/mol. The van der Waals surface area contributed by atoms with Crippen LogP contribution in [0.5, 0.6) is 0 Å². The summed E-state index contributed by atoms with van der Waals surface area (Å²) in [5, 5.41) is 9.36. The predicted molar refractivity (Wildman–Crippen MR) is 83.6 cm³/mol. The van der Waals surface area contributed by atoms with Crippen molar-refractivity contribution in [2.75, 3.05) is 13.2 Å². The normalized spacial score (nSPS) is 18.2. The zero-order chi connectivity index (χ0) is 15.2. The molecule has 0 saturated carbocycles. The number of likely N-dealkylation sites (tertiary alicyclic amines) is 1. The van der Waals surface area contributed by atoms with Gasteiger partial charge >= 0.3 is 0 Å². The van der Waals surface area contributed by atoms with E-state index in [9.17, 15) is 4.79 Å². The Hall–Kier alpha value is -1.13. The molecule has 21 heavy (non-hydrogen) atoms. The molecule has 1 atom stereocenters. The summed E-state index contributed by atoms with van der Waals surface area (Å²) in [4.78, 5) is 18.9. The zero-order valence-corrected chi connectivity index (χ0v) is 13.3. The molecular formula is C16H23ClN2O2. The molecule has 0 aromatic carbocycles. The number of hydrogen-bond acceptors (Lipinski definition) is 3. The minimum Gasteiger partial charge on any atom is -0.396 e. The second-order valence-corrected chi connectivity index (χ2v) is 5.97. The maximum atomic E-state index is 12.7. The van der Waals surface area contributed by atoms with Gasteiger partial charge in [-0.25, -0.2) is 4.98 Å². The molecule has 1 aliphatic rings. The summed E-state index contributed by atoms with van der Waals surface area (Å²) in [5.74, 6) is 0.0390. The Balaban J connectivity index is 2.14. The number of aliphatic hydroxyl groups excluding tert-OH is 1.